The lowest BCUT2D eigenvalue weighted by Crippen LogP contribution is -2.32. The molecule has 0 atom stereocenters. The summed E-state index contributed by atoms with van der Waals surface area (Å²) in [5.41, 5.74) is 0.368. The van der Waals surface area contributed by atoms with Gasteiger partial charge in [0.05, 0.1) is 11.4 Å². The van der Waals surface area contributed by atoms with Gasteiger partial charge in [-0.1, -0.05) is 25.0 Å². The van der Waals surface area contributed by atoms with Crippen LogP contribution < -0.4 is 5.32 Å². The zero-order valence-electron chi connectivity index (χ0n) is 14.0. The van der Waals surface area contributed by atoms with E-state index in [2.05, 4.69) is 5.32 Å². The van der Waals surface area contributed by atoms with Crippen molar-refractivity contribution in [1.29, 1.82) is 0 Å². The molecule has 2 aromatic rings. The molecular formula is C18H22N2O3S2. The molecule has 3 rings (SSSR count). The minimum absolute atomic E-state index is 0.193. The van der Waals surface area contributed by atoms with Gasteiger partial charge in [0.15, 0.2) is 0 Å². The molecule has 2 heterocycles. The summed E-state index contributed by atoms with van der Waals surface area (Å²) in [6, 6.07) is 10.2. The molecule has 1 aromatic heterocycles. The van der Waals surface area contributed by atoms with Gasteiger partial charge in [-0.15, -0.1) is 11.3 Å². The number of carbonyl (C=O) groups excluding carboxylic acids is 1. The van der Waals surface area contributed by atoms with E-state index in [0.29, 0.717) is 25.2 Å². The molecule has 25 heavy (non-hydrogen) atoms. The van der Waals surface area contributed by atoms with Gasteiger partial charge in [0.25, 0.3) is 5.91 Å². The van der Waals surface area contributed by atoms with Gasteiger partial charge in [-0.05, 0) is 42.5 Å². The highest BCUT2D eigenvalue weighted by Crippen LogP contribution is 2.21. The molecule has 1 aliphatic heterocycles. The van der Waals surface area contributed by atoms with Gasteiger partial charge in [-0.3, -0.25) is 4.79 Å². The molecule has 1 aromatic carbocycles. The van der Waals surface area contributed by atoms with Gasteiger partial charge in [0, 0.05) is 23.5 Å². The molecule has 1 fully saturated rings. The van der Waals surface area contributed by atoms with Gasteiger partial charge >= 0.3 is 0 Å². The van der Waals surface area contributed by atoms with Crippen LogP contribution in [0.3, 0.4) is 0 Å². The number of nitrogens with one attached hydrogen (secondary N) is 1. The number of thiophene rings is 1. The number of amides is 1. The van der Waals surface area contributed by atoms with Crippen molar-refractivity contribution in [3.05, 3.63) is 52.2 Å². The van der Waals surface area contributed by atoms with Crippen molar-refractivity contribution >= 4 is 27.3 Å². The van der Waals surface area contributed by atoms with Crippen molar-refractivity contribution in [2.24, 2.45) is 0 Å². The van der Waals surface area contributed by atoms with Crippen LogP contribution >= 0.6 is 11.3 Å². The predicted molar refractivity (Wildman–Crippen MR) is 99.2 cm³/mol. The predicted octanol–water partition coefficient (Wildman–Crippen LogP) is 3.24. The van der Waals surface area contributed by atoms with Crippen LogP contribution in [0.2, 0.25) is 0 Å². The van der Waals surface area contributed by atoms with E-state index < -0.39 is 10.0 Å². The smallest absolute Gasteiger partial charge is 0.251 e. The summed E-state index contributed by atoms with van der Waals surface area (Å²) in [5.74, 6) is -0.263. The maximum atomic E-state index is 12.9. The zero-order valence-corrected chi connectivity index (χ0v) is 15.6. The highest BCUT2D eigenvalue weighted by atomic mass is 32.2. The molecule has 0 spiro atoms. The minimum Gasteiger partial charge on any atom is -0.347 e. The van der Waals surface area contributed by atoms with E-state index in [9.17, 15) is 13.2 Å². The Morgan fingerprint density at radius 1 is 1.08 bits per heavy atom. The third-order valence-corrected chi connectivity index (χ3v) is 7.07. The third-order valence-electron chi connectivity index (χ3n) is 4.30. The Hall–Kier alpha value is -1.70. The average Bonchev–Trinajstić information content (AvgIpc) is 2.99. The maximum absolute atomic E-state index is 12.9. The fourth-order valence-corrected chi connectivity index (χ4v) is 5.12. The molecule has 1 aliphatic rings. The van der Waals surface area contributed by atoms with Crippen molar-refractivity contribution in [1.82, 2.24) is 9.62 Å². The zero-order chi connectivity index (χ0) is 17.7. The van der Waals surface area contributed by atoms with E-state index in [4.69, 9.17) is 0 Å². The van der Waals surface area contributed by atoms with Crippen LogP contribution in [0.1, 0.15) is 40.9 Å². The highest BCUT2D eigenvalue weighted by Gasteiger charge is 2.25. The summed E-state index contributed by atoms with van der Waals surface area (Å²) in [6.07, 6.45) is 3.91. The van der Waals surface area contributed by atoms with E-state index in [0.717, 1.165) is 30.6 Å². The van der Waals surface area contributed by atoms with Gasteiger partial charge in [-0.25, -0.2) is 8.42 Å². The molecule has 0 radical (unpaired) electrons. The van der Waals surface area contributed by atoms with Crippen LogP contribution in [-0.2, 0) is 16.6 Å². The first-order valence-electron chi connectivity index (χ1n) is 8.48. The molecule has 0 unspecified atom stereocenters. The van der Waals surface area contributed by atoms with E-state index in [-0.39, 0.29) is 10.8 Å². The summed E-state index contributed by atoms with van der Waals surface area (Å²) >= 11 is 1.57. The Labute approximate surface area is 152 Å². The molecule has 1 amide bonds. The first kappa shape index (κ1) is 18.1. The largest absolute Gasteiger partial charge is 0.347 e. The molecule has 0 saturated carbocycles. The quantitative estimate of drug-likeness (QED) is 0.868. The second kappa shape index (κ2) is 8.12. The Morgan fingerprint density at radius 3 is 2.52 bits per heavy atom. The van der Waals surface area contributed by atoms with Gasteiger partial charge < -0.3 is 5.32 Å². The second-order valence-corrected chi connectivity index (χ2v) is 9.08. The van der Waals surface area contributed by atoms with Crippen LogP contribution in [0.25, 0.3) is 0 Å². The van der Waals surface area contributed by atoms with Crippen molar-refractivity contribution in [2.75, 3.05) is 13.1 Å². The number of hydrogen-bond acceptors (Lipinski definition) is 4. The minimum atomic E-state index is -3.54. The SMILES string of the molecule is O=C(NCc1cccs1)c1cccc(S(=O)(=O)N2CCCCCC2)c1. The summed E-state index contributed by atoms with van der Waals surface area (Å²) < 4.78 is 27.3. The van der Waals surface area contributed by atoms with Crippen molar-refractivity contribution in [3.63, 3.8) is 0 Å². The fourth-order valence-electron chi connectivity index (χ4n) is 2.91. The van der Waals surface area contributed by atoms with E-state index in [1.807, 2.05) is 17.5 Å². The first-order chi connectivity index (χ1) is 12.1. The van der Waals surface area contributed by atoms with Crippen molar-refractivity contribution < 1.29 is 13.2 Å². The first-order valence-corrected chi connectivity index (χ1v) is 10.8. The molecular weight excluding hydrogens is 356 g/mol. The van der Waals surface area contributed by atoms with Gasteiger partial charge in [0.1, 0.15) is 0 Å². The van der Waals surface area contributed by atoms with Crippen LogP contribution in [0.5, 0.6) is 0 Å². The van der Waals surface area contributed by atoms with E-state index >= 15 is 0 Å². The third kappa shape index (κ3) is 4.48. The topological polar surface area (TPSA) is 66.5 Å². The van der Waals surface area contributed by atoms with Gasteiger partial charge in [-0.2, -0.15) is 4.31 Å². The van der Waals surface area contributed by atoms with E-state index in [1.165, 1.54) is 6.07 Å². The number of benzene rings is 1. The van der Waals surface area contributed by atoms with Crippen LogP contribution in [0.4, 0.5) is 0 Å². The number of carbonyl (C=O) groups is 1. The highest BCUT2D eigenvalue weighted by molar-refractivity contribution is 7.89. The molecule has 0 bridgehead atoms. The van der Waals surface area contributed by atoms with Crippen LogP contribution in [0, 0.1) is 0 Å². The Morgan fingerprint density at radius 2 is 1.84 bits per heavy atom. The lowest BCUT2D eigenvalue weighted by Gasteiger charge is -2.20. The molecule has 7 heteroatoms. The normalized spacial score (nSPS) is 16.3. The molecule has 1 saturated heterocycles. The van der Waals surface area contributed by atoms with E-state index in [1.54, 1.807) is 33.8 Å². The Bertz CT molecular complexity index is 809. The summed E-state index contributed by atoms with van der Waals surface area (Å²) in [5, 5.41) is 4.79. The van der Waals surface area contributed by atoms with Gasteiger partial charge in [0.2, 0.25) is 10.0 Å². The summed E-state index contributed by atoms with van der Waals surface area (Å²) in [6.45, 7) is 1.55. The Balaban J connectivity index is 1.74. The lowest BCUT2D eigenvalue weighted by atomic mass is 10.2. The number of rotatable bonds is 5. The molecule has 1 N–H and O–H groups in total. The number of nitrogens with zero attached hydrogens (tertiary/aromatic N) is 1. The monoisotopic (exact) mass is 378 g/mol. The number of sulfonamides is 1. The standard InChI is InChI=1S/C18H22N2O3S2/c21-18(19-14-16-8-6-12-24-16)15-7-5-9-17(13-15)25(22,23)20-10-3-1-2-4-11-20/h5-9,12-13H,1-4,10-11,14H2,(H,19,21). The maximum Gasteiger partial charge on any atom is 0.251 e. The molecule has 0 aliphatic carbocycles. The van der Waals surface area contributed by atoms with Crippen molar-refractivity contribution in [2.45, 2.75) is 37.1 Å². The summed E-state index contributed by atoms with van der Waals surface area (Å²) in [4.78, 5) is 13.6. The fraction of sp³-hybridized carbons (Fsp3) is 0.389. The molecule has 134 valence electrons. The van der Waals surface area contributed by atoms with Crippen LogP contribution in [0.15, 0.2) is 46.7 Å². The summed E-state index contributed by atoms with van der Waals surface area (Å²) in [7, 11) is -3.54. The molecule has 5 nitrogen and oxygen atoms in total. The number of hydrogen-bond donors (Lipinski definition) is 1. The second-order valence-electron chi connectivity index (χ2n) is 6.11. The average molecular weight is 379 g/mol. The lowest BCUT2D eigenvalue weighted by molar-refractivity contribution is 0.0951. The Kier molecular flexibility index (Phi) is 5.88. The van der Waals surface area contributed by atoms with Crippen LogP contribution in [-0.4, -0.2) is 31.7 Å². The van der Waals surface area contributed by atoms with Crippen molar-refractivity contribution in [3.8, 4) is 0 Å².